The number of hydrogen-bond donors (Lipinski definition) is 1. The molecule has 0 aromatic heterocycles. The number of allylic oxidation sites excluding steroid dienone is 18. The fraction of sp³-hybridized carbons (Fsp3) is 0.667. The summed E-state index contributed by atoms with van der Waals surface area (Å²) >= 11 is 0. The predicted molar refractivity (Wildman–Crippen MR) is 298 cm³/mol. The zero-order valence-corrected chi connectivity index (χ0v) is 46.1. The first-order chi connectivity index (χ1) is 34.0. The van der Waals surface area contributed by atoms with Gasteiger partial charge in [-0.25, -0.2) is 4.57 Å². The van der Waals surface area contributed by atoms with Crippen molar-refractivity contribution in [2.75, 3.05) is 47.5 Å². The number of quaternary nitrogens is 1. The number of esters is 2. The van der Waals surface area contributed by atoms with E-state index in [-0.39, 0.29) is 32.0 Å². The lowest BCUT2D eigenvalue weighted by Crippen LogP contribution is -2.37. The second-order valence-corrected chi connectivity index (χ2v) is 20.7. The highest BCUT2D eigenvalue weighted by atomic mass is 31.2. The van der Waals surface area contributed by atoms with Crippen molar-refractivity contribution >= 4 is 19.8 Å². The molecule has 0 spiro atoms. The number of phosphoric acid groups is 1. The fourth-order valence-electron chi connectivity index (χ4n) is 7.02. The molecule has 0 bridgehead atoms. The molecule has 0 fully saturated rings. The van der Waals surface area contributed by atoms with Gasteiger partial charge in [-0.1, -0.05) is 200 Å². The average Bonchev–Trinajstić information content (AvgIpc) is 3.32. The van der Waals surface area contributed by atoms with Crippen LogP contribution in [0.3, 0.4) is 0 Å². The van der Waals surface area contributed by atoms with Crippen molar-refractivity contribution in [2.45, 2.75) is 213 Å². The summed E-state index contributed by atoms with van der Waals surface area (Å²) < 4.78 is 34.5. The molecule has 0 aromatic carbocycles. The van der Waals surface area contributed by atoms with E-state index >= 15 is 0 Å². The summed E-state index contributed by atoms with van der Waals surface area (Å²) in [5.41, 5.74) is 0. The maximum atomic E-state index is 12.8. The molecule has 2 unspecified atom stereocenters. The fourth-order valence-corrected chi connectivity index (χ4v) is 7.77. The molecule has 0 amide bonds. The molecule has 10 heteroatoms. The van der Waals surface area contributed by atoms with Crippen LogP contribution in [0.2, 0.25) is 0 Å². The lowest BCUT2D eigenvalue weighted by atomic mass is 10.1. The molecule has 0 aliphatic carbocycles. The molecule has 0 radical (unpaired) electrons. The smallest absolute Gasteiger partial charge is 0.462 e. The van der Waals surface area contributed by atoms with E-state index in [9.17, 15) is 19.0 Å². The van der Waals surface area contributed by atoms with E-state index in [1.807, 2.05) is 21.1 Å². The molecule has 9 nitrogen and oxygen atoms in total. The molecular weight excluding hydrogens is 894 g/mol. The number of unbranched alkanes of at least 4 members (excludes halogenated alkanes) is 17. The molecule has 400 valence electrons. The van der Waals surface area contributed by atoms with Crippen LogP contribution in [0.5, 0.6) is 0 Å². The van der Waals surface area contributed by atoms with Gasteiger partial charge < -0.3 is 18.9 Å². The van der Waals surface area contributed by atoms with Gasteiger partial charge in [0.15, 0.2) is 6.10 Å². The highest BCUT2D eigenvalue weighted by Crippen LogP contribution is 2.43. The minimum atomic E-state index is -4.40. The molecule has 0 saturated heterocycles. The second kappa shape index (κ2) is 50.6. The molecule has 0 heterocycles. The monoisotopic (exact) mass is 997 g/mol. The first kappa shape index (κ1) is 66.7. The summed E-state index contributed by atoms with van der Waals surface area (Å²) in [5, 5.41) is 0. The van der Waals surface area contributed by atoms with Crippen LogP contribution in [0, 0.1) is 0 Å². The number of carbonyl (C=O) groups excluding carboxylic acids is 2. The predicted octanol–water partition coefficient (Wildman–Crippen LogP) is 17.0. The summed E-state index contributed by atoms with van der Waals surface area (Å²) in [5.74, 6) is -0.857. The SMILES string of the molecule is CC/C=C\C/C=C\C/C=C\C/C=C\C/C=C\C/C=C\C/C=C\C/C=C\CCCCC(=O)OC(COC(=O)CCCCCCCCCCC/C=C\CCCCCCCC)COP(=O)(O)OCC[N+](C)(C)C. The first-order valence-corrected chi connectivity index (χ1v) is 29.1. The van der Waals surface area contributed by atoms with E-state index in [0.717, 1.165) is 83.5 Å². The van der Waals surface area contributed by atoms with Crippen LogP contribution in [0.4, 0.5) is 0 Å². The van der Waals surface area contributed by atoms with E-state index < -0.39 is 26.5 Å². The van der Waals surface area contributed by atoms with Crippen LogP contribution >= 0.6 is 7.82 Å². The Kier molecular flexibility index (Phi) is 48.2. The molecule has 0 saturated carbocycles. The molecule has 0 aliphatic rings. The van der Waals surface area contributed by atoms with Gasteiger partial charge in [-0.15, -0.1) is 0 Å². The highest BCUT2D eigenvalue weighted by molar-refractivity contribution is 7.47. The van der Waals surface area contributed by atoms with E-state index in [2.05, 4.69) is 123 Å². The Hall–Kier alpha value is -3.33. The van der Waals surface area contributed by atoms with Crippen LogP contribution in [0.25, 0.3) is 0 Å². The van der Waals surface area contributed by atoms with Gasteiger partial charge in [0.25, 0.3) is 0 Å². The van der Waals surface area contributed by atoms with Gasteiger partial charge in [0, 0.05) is 12.8 Å². The number of rotatable bonds is 49. The molecule has 1 N–H and O–H groups in total. The Morgan fingerprint density at radius 2 is 0.814 bits per heavy atom. The van der Waals surface area contributed by atoms with Crippen molar-refractivity contribution < 1.29 is 42.1 Å². The molecule has 2 atom stereocenters. The highest BCUT2D eigenvalue weighted by Gasteiger charge is 2.27. The average molecular weight is 997 g/mol. The van der Waals surface area contributed by atoms with Gasteiger partial charge in [-0.05, 0) is 103 Å². The Balaban J connectivity index is 4.34. The van der Waals surface area contributed by atoms with Gasteiger partial charge in [-0.2, -0.15) is 0 Å². The van der Waals surface area contributed by atoms with E-state index in [1.54, 1.807) is 0 Å². The van der Waals surface area contributed by atoms with E-state index in [1.165, 1.54) is 89.9 Å². The number of carbonyl (C=O) groups is 2. The number of ether oxygens (including phenoxy) is 2. The summed E-state index contributed by atoms with van der Waals surface area (Å²) in [7, 11) is 1.43. The van der Waals surface area contributed by atoms with Crippen molar-refractivity contribution in [3.05, 3.63) is 109 Å². The first-order valence-electron chi connectivity index (χ1n) is 27.6. The number of phosphoric ester groups is 1. The largest absolute Gasteiger partial charge is 0.472 e. The summed E-state index contributed by atoms with van der Waals surface area (Å²) in [6, 6.07) is 0. The quantitative estimate of drug-likeness (QED) is 0.0211. The molecule has 70 heavy (non-hydrogen) atoms. The van der Waals surface area contributed by atoms with Gasteiger partial charge in [0.2, 0.25) is 0 Å². The van der Waals surface area contributed by atoms with Crippen LogP contribution in [-0.2, 0) is 32.7 Å². The van der Waals surface area contributed by atoms with Gasteiger partial charge in [-0.3, -0.25) is 18.6 Å². The molecule has 0 rings (SSSR count). The van der Waals surface area contributed by atoms with Crippen LogP contribution in [-0.4, -0.2) is 74.9 Å². The van der Waals surface area contributed by atoms with E-state index in [4.69, 9.17) is 18.5 Å². The lowest BCUT2D eigenvalue weighted by molar-refractivity contribution is -0.870. The van der Waals surface area contributed by atoms with Gasteiger partial charge in [0.1, 0.15) is 19.8 Å². The lowest BCUT2D eigenvalue weighted by Gasteiger charge is -2.24. The maximum absolute atomic E-state index is 12.8. The standard InChI is InChI=1S/C60H102NO8P/c1-6-8-10-12-14-16-18-20-22-24-26-27-28-29-30-31-32-33-35-37-39-41-43-45-47-49-51-53-60(63)69-58(57-68-70(64,65)67-55-54-61(3,4)5)56-66-59(62)52-50-48-46-44-42-40-38-36-34-25-23-21-19-17-15-13-11-9-7-2/h8,10,14,16,20-23,26-27,29-30,32-33,37,39,43,45,58H,6-7,9,11-13,15,17-19,24-25,28,31,34-36,38,40-42,44,46-57H2,1-5H3/p+1/b10-8-,16-14-,22-20-,23-21-,27-26-,30-29-,33-32-,39-37-,45-43-. The molecule has 0 aromatic rings. The molecular formula is C60H103NO8P+. The Morgan fingerprint density at radius 3 is 1.26 bits per heavy atom. The van der Waals surface area contributed by atoms with Gasteiger partial charge >= 0.3 is 19.8 Å². The minimum absolute atomic E-state index is 0.0169. The van der Waals surface area contributed by atoms with E-state index in [0.29, 0.717) is 17.4 Å². The maximum Gasteiger partial charge on any atom is 0.472 e. The zero-order valence-electron chi connectivity index (χ0n) is 45.2. The van der Waals surface area contributed by atoms with Crippen molar-refractivity contribution in [1.82, 2.24) is 0 Å². The van der Waals surface area contributed by atoms with Crippen molar-refractivity contribution in [3.8, 4) is 0 Å². The normalized spacial score (nSPS) is 14.2. The Labute approximate surface area is 429 Å². The zero-order chi connectivity index (χ0) is 51.3. The number of likely N-dealkylation sites (N-methyl/N-ethyl adjacent to an activating group) is 1. The summed E-state index contributed by atoms with van der Waals surface area (Å²) in [6.07, 6.45) is 70.1. The summed E-state index contributed by atoms with van der Waals surface area (Å²) in [6.45, 7) is 4.25. The number of hydrogen-bond acceptors (Lipinski definition) is 7. The topological polar surface area (TPSA) is 108 Å². The summed E-state index contributed by atoms with van der Waals surface area (Å²) in [4.78, 5) is 35.6. The third kappa shape index (κ3) is 54.0. The van der Waals surface area contributed by atoms with Crippen molar-refractivity contribution in [3.63, 3.8) is 0 Å². The van der Waals surface area contributed by atoms with Crippen molar-refractivity contribution in [2.24, 2.45) is 0 Å². The Bertz CT molecular complexity index is 1550. The van der Waals surface area contributed by atoms with Crippen LogP contribution < -0.4 is 0 Å². The van der Waals surface area contributed by atoms with Crippen LogP contribution in [0.1, 0.15) is 206 Å². The van der Waals surface area contributed by atoms with Crippen LogP contribution in [0.15, 0.2) is 109 Å². The minimum Gasteiger partial charge on any atom is -0.462 e. The van der Waals surface area contributed by atoms with Gasteiger partial charge in [0.05, 0.1) is 27.7 Å². The molecule has 0 aliphatic heterocycles. The second-order valence-electron chi connectivity index (χ2n) is 19.2. The third-order valence-corrected chi connectivity index (χ3v) is 12.3. The number of nitrogens with zero attached hydrogens (tertiary/aromatic N) is 1. The third-order valence-electron chi connectivity index (χ3n) is 11.3. The van der Waals surface area contributed by atoms with Crippen molar-refractivity contribution in [1.29, 1.82) is 0 Å². The Morgan fingerprint density at radius 1 is 0.457 bits per heavy atom.